The van der Waals surface area contributed by atoms with E-state index in [1.807, 2.05) is 0 Å². The van der Waals surface area contributed by atoms with Crippen molar-refractivity contribution in [3.63, 3.8) is 0 Å². The van der Waals surface area contributed by atoms with Crippen LogP contribution in [0, 0.1) is 0 Å². The molecule has 2 aromatic rings. The van der Waals surface area contributed by atoms with Gasteiger partial charge in [0.15, 0.2) is 0 Å². The van der Waals surface area contributed by atoms with E-state index in [4.69, 9.17) is 5.11 Å². The summed E-state index contributed by atoms with van der Waals surface area (Å²) in [6.07, 6.45) is 1.36. The van der Waals surface area contributed by atoms with Crippen LogP contribution in [0.3, 0.4) is 0 Å². The predicted molar refractivity (Wildman–Crippen MR) is 57.9 cm³/mol. The fraction of sp³-hybridized carbons (Fsp3) is 0. The van der Waals surface area contributed by atoms with Crippen molar-refractivity contribution in [2.75, 3.05) is 5.32 Å². The molecule has 1 heterocycles. The highest BCUT2D eigenvalue weighted by Crippen LogP contribution is 2.11. The van der Waals surface area contributed by atoms with Crippen molar-refractivity contribution in [3.05, 3.63) is 47.9 Å². The van der Waals surface area contributed by atoms with Crippen molar-refractivity contribution in [3.8, 4) is 0 Å². The van der Waals surface area contributed by atoms with Gasteiger partial charge in [0.25, 0.3) is 5.91 Å². The zero-order valence-corrected chi connectivity index (χ0v) is 8.58. The molecule has 86 valence electrons. The Hall–Kier alpha value is -2.63. The van der Waals surface area contributed by atoms with E-state index in [1.165, 1.54) is 36.5 Å². The third kappa shape index (κ3) is 2.49. The molecule has 0 atom stereocenters. The van der Waals surface area contributed by atoms with Gasteiger partial charge in [-0.15, -0.1) is 0 Å². The summed E-state index contributed by atoms with van der Waals surface area (Å²) in [6, 6.07) is 7.23. The van der Waals surface area contributed by atoms with Crippen LogP contribution >= 0.6 is 0 Å². The summed E-state index contributed by atoms with van der Waals surface area (Å²) < 4.78 is 4.67. The Labute approximate surface area is 95.9 Å². The Bertz CT molecular complexity index is 531. The standard InChI is InChI=1S/C11H8N2O4/c14-10(9-5-6-12-17-9)13-8-3-1-7(2-4-8)11(15)16/h1-6H,(H,13,14)(H,15,16). The van der Waals surface area contributed by atoms with Crippen LogP contribution in [-0.4, -0.2) is 22.1 Å². The van der Waals surface area contributed by atoms with Crippen molar-refractivity contribution in [2.24, 2.45) is 0 Å². The Kier molecular flexibility index (Phi) is 2.87. The molecule has 2 N–H and O–H groups in total. The average Bonchev–Trinajstić information content (AvgIpc) is 2.83. The van der Waals surface area contributed by atoms with E-state index < -0.39 is 11.9 Å². The Morgan fingerprint density at radius 1 is 1.18 bits per heavy atom. The van der Waals surface area contributed by atoms with Gasteiger partial charge >= 0.3 is 5.97 Å². The number of carbonyl (C=O) groups is 2. The van der Waals surface area contributed by atoms with Crippen molar-refractivity contribution in [1.82, 2.24) is 5.16 Å². The molecule has 0 radical (unpaired) electrons. The fourth-order valence-corrected chi connectivity index (χ4v) is 1.22. The monoisotopic (exact) mass is 232 g/mol. The lowest BCUT2D eigenvalue weighted by Crippen LogP contribution is -2.11. The second-order valence-corrected chi connectivity index (χ2v) is 3.21. The van der Waals surface area contributed by atoms with E-state index in [1.54, 1.807) is 0 Å². The molecule has 0 aliphatic rings. The zero-order valence-electron chi connectivity index (χ0n) is 8.58. The molecule has 0 unspecified atom stereocenters. The molecular weight excluding hydrogens is 224 g/mol. The quantitative estimate of drug-likeness (QED) is 0.838. The Balaban J connectivity index is 2.09. The maximum atomic E-state index is 11.5. The first-order chi connectivity index (χ1) is 8.16. The third-order valence-electron chi connectivity index (χ3n) is 2.05. The van der Waals surface area contributed by atoms with Gasteiger partial charge < -0.3 is 14.9 Å². The molecule has 17 heavy (non-hydrogen) atoms. The molecule has 2 rings (SSSR count). The number of nitrogens with one attached hydrogen (secondary N) is 1. The molecule has 6 heteroatoms. The summed E-state index contributed by atoms with van der Waals surface area (Å²) in [5.41, 5.74) is 0.638. The molecule has 0 aliphatic heterocycles. The maximum absolute atomic E-state index is 11.5. The molecule has 1 aromatic carbocycles. The smallest absolute Gasteiger partial charge is 0.335 e. The summed E-state index contributed by atoms with van der Waals surface area (Å²) in [6.45, 7) is 0. The lowest BCUT2D eigenvalue weighted by Gasteiger charge is -2.02. The molecule has 6 nitrogen and oxygen atoms in total. The van der Waals surface area contributed by atoms with Crippen LogP contribution in [0.1, 0.15) is 20.9 Å². The van der Waals surface area contributed by atoms with Crippen LogP contribution in [-0.2, 0) is 0 Å². The topological polar surface area (TPSA) is 92.4 Å². The number of aromatic nitrogens is 1. The number of hydrogen-bond acceptors (Lipinski definition) is 4. The van der Waals surface area contributed by atoms with E-state index >= 15 is 0 Å². The molecule has 1 amide bonds. The average molecular weight is 232 g/mol. The van der Waals surface area contributed by atoms with Crippen LogP contribution < -0.4 is 5.32 Å². The highest BCUT2D eigenvalue weighted by atomic mass is 16.5. The van der Waals surface area contributed by atoms with Crippen molar-refractivity contribution < 1.29 is 19.2 Å². The maximum Gasteiger partial charge on any atom is 0.335 e. The Morgan fingerprint density at radius 2 is 1.88 bits per heavy atom. The summed E-state index contributed by atoms with van der Waals surface area (Å²) in [7, 11) is 0. The normalized spacial score (nSPS) is 9.88. The second-order valence-electron chi connectivity index (χ2n) is 3.21. The zero-order chi connectivity index (χ0) is 12.3. The lowest BCUT2D eigenvalue weighted by molar-refractivity contribution is 0.0696. The highest BCUT2D eigenvalue weighted by molar-refractivity contribution is 6.02. The minimum absolute atomic E-state index is 0.0901. The second kappa shape index (κ2) is 4.48. The van der Waals surface area contributed by atoms with Gasteiger partial charge in [0.2, 0.25) is 5.76 Å². The largest absolute Gasteiger partial charge is 0.478 e. The van der Waals surface area contributed by atoms with Crippen LogP contribution in [0.15, 0.2) is 41.1 Å². The molecule has 0 aliphatic carbocycles. The molecule has 0 saturated carbocycles. The van der Waals surface area contributed by atoms with Crippen LogP contribution in [0.5, 0.6) is 0 Å². The lowest BCUT2D eigenvalue weighted by atomic mass is 10.2. The van der Waals surface area contributed by atoms with E-state index in [0.29, 0.717) is 5.69 Å². The molecular formula is C11H8N2O4. The van der Waals surface area contributed by atoms with Gasteiger partial charge in [-0.3, -0.25) is 4.79 Å². The first-order valence-corrected chi connectivity index (χ1v) is 4.72. The molecule has 1 aromatic heterocycles. The van der Waals surface area contributed by atoms with Crippen LogP contribution in [0.2, 0.25) is 0 Å². The van der Waals surface area contributed by atoms with Crippen LogP contribution in [0.4, 0.5) is 5.69 Å². The number of anilines is 1. The van der Waals surface area contributed by atoms with Gasteiger partial charge in [-0.1, -0.05) is 5.16 Å². The fourth-order valence-electron chi connectivity index (χ4n) is 1.22. The van der Waals surface area contributed by atoms with Crippen molar-refractivity contribution in [2.45, 2.75) is 0 Å². The minimum Gasteiger partial charge on any atom is -0.478 e. The predicted octanol–water partition coefficient (Wildman–Crippen LogP) is 1.63. The summed E-state index contributed by atoms with van der Waals surface area (Å²) in [5, 5.41) is 14.7. The van der Waals surface area contributed by atoms with Crippen molar-refractivity contribution in [1.29, 1.82) is 0 Å². The molecule has 0 spiro atoms. The number of carboxylic acids is 1. The number of benzene rings is 1. The molecule has 0 bridgehead atoms. The van der Waals surface area contributed by atoms with E-state index in [2.05, 4.69) is 15.0 Å². The van der Waals surface area contributed by atoms with Gasteiger partial charge in [0.05, 0.1) is 11.8 Å². The molecule has 0 saturated heterocycles. The summed E-state index contributed by atoms with van der Waals surface area (Å²) >= 11 is 0. The number of rotatable bonds is 3. The summed E-state index contributed by atoms with van der Waals surface area (Å²) in [5.74, 6) is -1.36. The summed E-state index contributed by atoms with van der Waals surface area (Å²) in [4.78, 5) is 22.1. The minimum atomic E-state index is -1.02. The first-order valence-electron chi connectivity index (χ1n) is 4.72. The van der Waals surface area contributed by atoms with E-state index in [0.717, 1.165) is 0 Å². The van der Waals surface area contributed by atoms with E-state index in [9.17, 15) is 9.59 Å². The van der Waals surface area contributed by atoms with Gasteiger partial charge in [0.1, 0.15) is 0 Å². The number of carboxylic acid groups (broad SMARTS) is 1. The van der Waals surface area contributed by atoms with Gasteiger partial charge in [0, 0.05) is 11.8 Å². The van der Waals surface area contributed by atoms with Gasteiger partial charge in [-0.2, -0.15) is 0 Å². The van der Waals surface area contributed by atoms with Crippen molar-refractivity contribution >= 4 is 17.6 Å². The van der Waals surface area contributed by atoms with Crippen LogP contribution in [0.25, 0.3) is 0 Å². The SMILES string of the molecule is O=C(O)c1ccc(NC(=O)c2ccno2)cc1. The molecule has 0 fully saturated rings. The number of hydrogen-bond donors (Lipinski definition) is 2. The Morgan fingerprint density at radius 3 is 2.41 bits per heavy atom. The number of amides is 1. The van der Waals surface area contributed by atoms with Gasteiger partial charge in [-0.25, -0.2) is 4.79 Å². The van der Waals surface area contributed by atoms with Gasteiger partial charge in [-0.05, 0) is 24.3 Å². The third-order valence-corrected chi connectivity index (χ3v) is 2.05. The number of nitrogens with zero attached hydrogens (tertiary/aromatic N) is 1. The van der Waals surface area contributed by atoms with E-state index in [-0.39, 0.29) is 11.3 Å². The number of aromatic carboxylic acids is 1. The first kappa shape index (κ1) is 10.9. The highest BCUT2D eigenvalue weighted by Gasteiger charge is 2.10. The number of carbonyl (C=O) groups excluding carboxylic acids is 1.